The molecule has 1 aromatic carbocycles. The number of hydrogen-bond donors (Lipinski definition) is 1. The maximum absolute atomic E-state index is 11.2. The maximum Gasteiger partial charge on any atom is 0.220 e. The number of amides is 1. The van der Waals surface area contributed by atoms with Crippen LogP contribution in [0.25, 0.3) is 0 Å². The molecule has 0 fully saturated rings. The highest BCUT2D eigenvalue weighted by molar-refractivity contribution is 5.76. The lowest BCUT2D eigenvalue weighted by Gasteiger charge is -2.12. The molecule has 2 heteroatoms. The summed E-state index contributed by atoms with van der Waals surface area (Å²) in [6, 6.07) is 10.1. The van der Waals surface area contributed by atoms with E-state index < -0.39 is 0 Å². The van der Waals surface area contributed by atoms with Crippen molar-refractivity contribution in [2.24, 2.45) is 11.7 Å². The maximum atomic E-state index is 11.2. The van der Waals surface area contributed by atoms with E-state index in [1.165, 1.54) is 5.56 Å². The van der Waals surface area contributed by atoms with Crippen LogP contribution in [-0.4, -0.2) is 5.91 Å². The molecule has 0 heterocycles. The minimum atomic E-state index is -0.174. The van der Waals surface area contributed by atoms with Crippen molar-refractivity contribution in [3.63, 3.8) is 0 Å². The van der Waals surface area contributed by atoms with Gasteiger partial charge < -0.3 is 5.73 Å². The van der Waals surface area contributed by atoms with Crippen molar-refractivity contribution in [2.75, 3.05) is 0 Å². The fourth-order valence-corrected chi connectivity index (χ4v) is 1.69. The summed E-state index contributed by atoms with van der Waals surface area (Å²) in [5.41, 5.74) is 6.58. The van der Waals surface area contributed by atoms with Crippen molar-refractivity contribution in [1.29, 1.82) is 0 Å². The normalized spacial score (nSPS) is 12.3. The third-order valence-corrected chi connectivity index (χ3v) is 2.63. The van der Waals surface area contributed by atoms with Crippen molar-refractivity contribution in [2.45, 2.75) is 32.6 Å². The highest BCUT2D eigenvalue weighted by atomic mass is 16.1. The predicted molar refractivity (Wildman–Crippen MR) is 62.4 cm³/mol. The summed E-state index contributed by atoms with van der Waals surface area (Å²) in [4.78, 5) is 11.2. The monoisotopic (exact) mass is 205 g/mol. The number of primary amides is 1. The van der Waals surface area contributed by atoms with E-state index in [1.807, 2.05) is 30.3 Å². The summed E-state index contributed by atoms with van der Waals surface area (Å²) in [5, 5.41) is 0. The van der Waals surface area contributed by atoms with Crippen LogP contribution in [0.1, 0.15) is 31.7 Å². The zero-order valence-electron chi connectivity index (χ0n) is 9.28. The first-order chi connectivity index (χ1) is 7.24. The average molecular weight is 205 g/mol. The highest BCUT2D eigenvalue weighted by Gasteiger charge is 2.14. The summed E-state index contributed by atoms with van der Waals surface area (Å²) in [6.45, 7) is 2.13. The number of hydrogen-bond acceptors (Lipinski definition) is 1. The van der Waals surface area contributed by atoms with E-state index >= 15 is 0 Å². The molecule has 1 rings (SSSR count). The van der Waals surface area contributed by atoms with Gasteiger partial charge in [-0.15, -0.1) is 0 Å². The Morgan fingerprint density at radius 1 is 1.33 bits per heavy atom. The summed E-state index contributed by atoms with van der Waals surface area (Å²) < 4.78 is 0. The molecule has 1 unspecified atom stereocenters. The minimum Gasteiger partial charge on any atom is -0.369 e. The molecule has 1 atom stereocenters. The van der Waals surface area contributed by atoms with Gasteiger partial charge in [-0.05, 0) is 18.4 Å². The molecular weight excluding hydrogens is 186 g/mol. The van der Waals surface area contributed by atoms with Crippen molar-refractivity contribution in [3.05, 3.63) is 35.9 Å². The quantitative estimate of drug-likeness (QED) is 0.762. The number of carbonyl (C=O) groups is 1. The molecule has 0 aromatic heterocycles. The van der Waals surface area contributed by atoms with Crippen molar-refractivity contribution in [1.82, 2.24) is 0 Å². The van der Waals surface area contributed by atoms with Crippen molar-refractivity contribution >= 4 is 5.91 Å². The number of nitrogens with two attached hydrogens (primary N) is 1. The molecule has 0 aliphatic heterocycles. The number of unbranched alkanes of at least 4 members (excludes halogenated alkanes) is 1. The van der Waals surface area contributed by atoms with Crippen LogP contribution >= 0.6 is 0 Å². The van der Waals surface area contributed by atoms with Crippen LogP contribution in [0.3, 0.4) is 0 Å². The third kappa shape index (κ3) is 4.15. The van der Waals surface area contributed by atoms with Gasteiger partial charge in [0, 0.05) is 5.92 Å². The standard InChI is InChI=1S/C13H19NO/c1-2-3-9-12(13(14)15)10-11-7-5-4-6-8-11/h4-8,12H,2-3,9-10H2,1H3,(H2,14,15). The SMILES string of the molecule is CCCCC(Cc1ccccc1)C(N)=O. The number of rotatable bonds is 6. The van der Waals surface area contributed by atoms with Gasteiger partial charge in [0.1, 0.15) is 0 Å². The predicted octanol–water partition coefficient (Wildman–Crippen LogP) is 2.52. The first kappa shape index (κ1) is 11.8. The van der Waals surface area contributed by atoms with Gasteiger partial charge in [-0.2, -0.15) is 0 Å². The van der Waals surface area contributed by atoms with Crippen molar-refractivity contribution < 1.29 is 4.79 Å². The third-order valence-electron chi connectivity index (χ3n) is 2.63. The molecule has 0 radical (unpaired) electrons. The van der Waals surface area contributed by atoms with E-state index in [2.05, 4.69) is 6.92 Å². The highest BCUT2D eigenvalue weighted by Crippen LogP contribution is 2.14. The van der Waals surface area contributed by atoms with Crippen LogP contribution in [0.4, 0.5) is 0 Å². The molecule has 0 saturated heterocycles. The summed E-state index contributed by atoms with van der Waals surface area (Å²) in [5.74, 6) is -0.181. The fraction of sp³-hybridized carbons (Fsp3) is 0.462. The molecule has 0 aliphatic rings. The second-order valence-corrected chi connectivity index (χ2v) is 3.93. The van der Waals surface area contributed by atoms with Gasteiger partial charge in [0.2, 0.25) is 5.91 Å². The second kappa shape index (κ2) is 6.23. The van der Waals surface area contributed by atoms with Gasteiger partial charge >= 0.3 is 0 Å². The van der Waals surface area contributed by atoms with E-state index in [0.717, 1.165) is 25.7 Å². The number of benzene rings is 1. The van der Waals surface area contributed by atoms with Gasteiger partial charge in [0.05, 0.1) is 0 Å². The summed E-state index contributed by atoms with van der Waals surface area (Å²) in [7, 11) is 0. The lowest BCUT2D eigenvalue weighted by Crippen LogP contribution is -2.25. The van der Waals surface area contributed by atoms with E-state index in [4.69, 9.17) is 5.73 Å². The smallest absolute Gasteiger partial charge is 0.220 e. The van der Waals surface area contributed by atoms with E-state index in [9.17, 15) is 4.79 Å². The van der Waals surface area contributed by atoms with Crippen LogP contribution < -0.4 is 5.73 Å². The molecule has 15 heavy (non-hydrogen) atoms. The fourth-order valence-electron chi connectivity index (χ4n) is 1.69. The molecule has 82 valence electrons. The van der Waals surface area contributed by atoms with Crippen LogP contribution in [0.5, 0.6) is 0 Å². The Morgan fingerprint density at radius 3 is 2.53 bits per heavy atom. The minimum absolute atomic E-state index is 0.00708. The zero-order chi connectivity index (χ0) is 11.1. The van der Waals surface area contributed by atoms with E-state index in [1.54, 1.807) is 0 Å². The summed E-state index contributed by atoms with van der Waals surface area (Å²) in [6.07, 6.45) is 3.86. The van der Waals surface area contributed by atoms with Crippen LogP contribution in [0.15, 0.2) is 30.3 Å². The first-order valence-electron chi connectivity index (χ1n) is 5.57. The second-order valence-electron chi connectivity index (χ2n) is 3.93. The molecule has 0 aliphatic carbocycles. The Morgan fingerprint density at radius 2 is 2.00 bits per heavy atom. The average Bonchev–Trinajstić information content (AvgIpc) is 2.25. The van der Waals surface area contributed by atoms with Gasteiger partial charge in [0.25, 0.3) is 0 Å². The Kier molecular flexibility index (Phi) is 4.88. The lowest BCUT2D eigenvalue weighted by atomic mass is 9.94. The molecule has 0 saturated carbocycles. The zero-order valence-corrected chi connectivity index (χ0v) is 9.28. The van der Waals surface area contributed by atoms with Crippen LogP contribution in [0.2, 0.25) is 0 Å². The molecule has 2 nitrogen and oxygen atoms in total. The van der Waals surface area contributed by atoms with Gasteiger partial charge in [-0.1, -0.05) is 50.1 Å². The first-order valence-corrected chi connectivity index (χ1v) is 5.57. The molecule has 0 spiro atoms. The molecular formula is C13H19NO. The molecule has 2 N–H and O–H groups in total. The van der Waals surface area contributed by atoms with Gasteiger partial charge in [-0.3, -0.25) is 4.79 Å². The molecule has 1 aromatic rings. The van der Waals surface area contributed by atoms with Crippen LogP contribution in [0, 0.1) is 5.92 Å². The topological polar surface area (TPSA) is 43.1 Å². The van der Waals surface area contributed by atoms with E-state index in [-0.39, 0.29) is 11.8 Å². The molecule has 1 amide bonds. The Hall–Kier alpha value is -1.31. The van der Waals surface area contributed by atoms with Crippen molar-refractivity contribution in [3.8, 4) is 0 Å². The number of carbonyl (C=O) groups excluding carboxylic acids is 1. The molecule has 0 bridgehead atoms. The largest absolute Gasteiger partial charge is 0.369 e. The van der Waals surface area contributed by atoms with Gasteiger partial charge in [0.15, 0.2) is 0 Å². The van der Waals surface area contributed by atoms with Gasteiger partial charge in [-0.25, -0.2) is 0 Å². The summed E-state index contributed by atoms with van der Waals surface area (Å²) >= 11 is 0. The Balaban J connectivity index is 2.55. The van der Waals surface area contributed by atoms with Crippen LogP contribution in [-0.2, 0) is 11.2 Å². The van der Waals surface area contributed by atoms with E-state index in [0.29, 0.717) is 0 Å². The Bertz CT molecular complexity index is 295. The Labute approximate surface area is 91.5 Å². The lowest BCUT2D eigenvalue weighted by molar-refractivity contribution is -0.122.